The number of nitrogens with one attached hydrogen (secondary N) is 1. The number of benzene rings is 1. The largest absolute Gasteiger partial charge is 0.539 e. The molecule has 1 aromatic rings. The summed E-state index contributed by atoms with van der Waals surface area (Å²) in [5.74, 6) is -2.28. The molecule has 160 valence electrons. The second kappa shape index (κ2) is 10.7. The highest BCUT2D eigenvalue weighted by Gasteiger charge is 2.31. The van der Waals surface area contributed by atoms with Crippen molar-refractivity contribution in [2.24, 2.45) is 5.92 Å². The number of carboxylic acid groups (broad SMARTS) is 2. The molecule has 1 fully saturated rings. The summed E-state index contributed by atoms with van der Waals surface area (Å²) < 4.78 is 17.0. The van der Waals surface area contributed by atoms with Crippen molar-refractivity contribution in [2.45, 2.75) is 32.8 Å². The van der Waals surface area contributed by atoms with Crippen LogP contribution in [0.15, 0.2) is 18.2 Å². The zero-order valence-electron chi connectivity index (χ0n) is 16.6. The first kappa shape index (κ1) is 22.5. The molecule has 2 heterocycles. The summed E-state index contributed by atoms with van der Waals surface area (Å²) in [5, 5.41) is 16.3. The number of aryl methyl sites for hydroxylation is 1. The van der Waals surface area contributed by atoms with Gasteiger partial charge >= 0.3 is 11.9 Å². The minimum absolute atomic E-state index is 0.0342. The van der Waals surface area contributed by atoms with Gasteiger partial charge in [-0.15, -0.1) is 0 Å². The predicted molar refractivity (Wildman–Crippen MR) is 98.7 cm³/mol. The number of carbonyl (C=O) groups is 3. The van der Waals surface area contributed by atoms with Crippen LogP contribution in [0, 0.1) is 12.8 Å². The van der Waals surface area contributed by atoms with Gasteiger partial charge in [0.25, 0.3) is 0 Å². The summed E-state index contributed by atoms with van der Waals surface area (Å²) in [6.45, 7) is 7.88. The first-order chi connectivity index (χ1) is 13.8. The fourth-order valence-corrected chi connectivity index (χ4v) is 3.37. The molecule has 0 aliphatic carbocycles. The molecular formula is C20H27NO8. The first-order valence-corrected chi connectivity index (χ1v) is 9.64. The summed E-state index contributed by atoms with van der Waals surface area (Å²) >= 11 is 0. The molecular weight excluding hydrogens is 382 g/mol. The molecule has 0 aromatic heterocycles. The Morgan fingerprint density at radius 3 is 2.48 bits per heavy atom. The van der Waals surface area contributed by atoms with Crippen LogP contribution >= 0.6 is 0 Å². The molecule has 0 radical (unpaired) electrons. The van der Waals surface area contributed by atoms with Gasteiger partial charge in [0.1, 0.15) is 13.2 Å². The van der Waals surface area contributed by atoms with E-state index in [9.17, 15) is 4.79 Å². The van der Waals surface area contributed by atoms with E-state index >= 15 is 0 Å². The zero-order valence-corrected chi connectivity index (χ0v) is 16.6. The van der Waals surface area contributed by atoms with E-state index in [0.29, 0.717) is 13.2 Å². The summed E-state index contributed by atoms with van der Waals surface area (Å²) in [6, 6.07) is 6.05. The Balaban J connectivity index is 0.000000438. The smallest absolute Gasteiger partial charge is 0.351 e. The zero-order chi connectivity index (χ0) is 21.4. The Bertz CT molecular complexity index is 715. The Morgan fingerprint density at radius 1 is 1.24 bits per heavy atom. The highest BCUT2D eigenvalue weighted by atomic mass is 16.6. The minimum Gasteiger partial charge on any atom is -0.539 e. The molecule has 0 amide bonds. The second-order valence-electron chi connectivity index (χ2n) is 7.07. The maximum absolute atomic E-state index is 11.8. The van der Waals surface area contributed by atoms with Crippen LogP contribution in [0.25, 0.3) is 0 Å². The number of hydrogen-bond donors (Lipinski definition) is 2. The van der Waals surface area contributed by atoms with E-state index in [1.165, 1.54) is 10.5 Å². The van der Waals surface area contributed by atoms with Crippen LogP contribution in [0.5, 0.6) is 11.5 Å². The molecule has 3 rings (SSSR count). The van der Waals surface area contributed by atoms with Crippen molar-refractivity contribution < 1.29 is 43.7 Å². The van der Waals surface area contributed by atoms with Gasteiger partial charge in [0.2, 0.25) is 0 Å². The van der Waals surface area contributed by atoms with Gasteiger partial charge in [0.05, 0.1) is 25.6 Å². The molecule has 2 aliphatic heterocycles. The Kier molecular flexibility index (Phi) is 8.26. The van der Waals surface area contributed by atoms with Gasteiger partial charge in [-0.25, -0.2) is 4.79 Å². The number of piperidine rings is 1. The van der Waals surface area contributed by atoms with Crippen LogP contribution in [0.4, 0.5) is 0 Å². The maximum Gasteiger partial charge on any atom is 0.351 e. The van der Waals surface area contributed by atoms with E-state index in [1.54, 1.807) is 0 Å². The average Bonchev–Trinajstić information content (AvgIpc) is 2.69. The number of rotatable bonds is 4. The van der Waals surface area contributed by atoms with E-state index in [-0.39, 0.29) is 18.0 Å². The fourth-order valence-electron chi connectivity index (χ4n) is 3.37. The standard InChI is InChI=1S/C18H25NO4.C2H2O4/c1-3-21-18(20)14-6-8-19(9-7-14)11-15-12-22-17-10-13(2)4-5-16(17)23-15;3-1(4)2(5)6/h4-5,10,14-15H,3,6-9,11-12H2,1-2H3;(H,3,4)(H,5,6). The van der Waals surface area contributed by atoms with Gasteiger partial charge < -0.3 is 34.1 Å². The van der Waals surface area contributed by atoms with Gasteiger partial charge in [-0.1, -0.05) is 6.07 Å². The molecule has 29 heavy (non-hydrogen) atoms. The van der Waals surface area contributed by atoms with Crippen LogP contribution in [0.3, 0.4) is 0 Å². The van der Waals surface area contributed by atoms with Gasteiger partial charge in [0, 0.05) is 12.8 Å². The van der Waals surface area contributed by atoms with Crippen molar-refractivity contribution in [1.29, 1.82) is 0 Å². The third kappa shape index (κ3) is 6.94. The molecule has 9 heteroatoms. The molecule has 0 saturated carbocycles. The third-order valence-corrected chi connectivity index (χ3v) is 4.82. The van der Waals surface area contributed by atoms with E-state index in [4.69, 9.17) is 34.0 Å². The van der Waals surface area contributed by atoms with Crippen molar-refractivity contribution in [3.8, 4) is 11.5 Å². The Morgan fingerprint density at radius 2 is 1.90 bits per heavy atom. The quantitative estimate of drug-likeness (QED) is 0.470. The SMILES string of the molecule is CCOC(=O)C1CC[NH+](CC2COc3cc(C)ccc3O2)CC1.O=C([O-])C(=O)O. The van der Waals surface area contributed by atoms with Crippen molar-refractivity contribution in [1.82, 2.24) is 0 Å². The van der Waals surface area contributed by atoms with Crippen LogP contribution in [-0.2, 0) is 19.1 Å². The molecule has 9 nitrogen and oxygen atoms in total. The molecule has 1 aromatic carbocycles. The number of quaternary nitrogens is 1. The lowest BCUT2D eigenvalue weighted by atomic mass is 9.97. The lowest BCUT2D eigenvalue weighted by Crippen LogP contribution is -3.14. The lowest BCUT2D eigenvalue weighted by molar-refractivity contribution is -0.908. The lowest BCUT2D eigenvalue weighted by Gasteiger charge is -2.32. The van der Waals surface area contributed by atoms with Gasteiger partial charge in [0.15, 0.2) is 23.6 Å². The molecule has 2 N–H and O–H groups in total. The normalized spacial score (nSPS) is 22.6. The monoisotopic (exact) mass is 409 g/mol. The predicted octanol–water partition coefficient (Wildman–Crippen LogP) is -1.19. The van der Waals surface area contributed by atoms with E-state index in [1.807, 2.05) is 32.0 Å². The summed E-state index contributed by atoms with van der Waals surface area (Å²) in [5.41, 5.74) is 1.18. The molecule has 2 aliphatic rings. The van der Waals surface area contributed by atoms with E-state index in [0.717, 1.165) is 44.0 Å². The molecule has 1 atom stereocenters. The minimum atomic E-state index is -2.07. The number of hydrogen-bond acceptors (Lipinski definition) is 7. The van der Waals surface area contributed by atoms with Crippen LogP contribution in [-0.4, -0.2) is 62.0 Å². The molecule has 1 saturated heterocycles. The van der Waals surface area contributed by atoms with Crippen LogP contribution in [0.1, 0.15) is 25.3 Å². The molecule has 0 spiro atoms. The number of ether oxygens (including phenoxy) is 3. The highest BCUT2D eigenvalue weighted by molar-refractivity contribution is 6.26. The average molecular weight is 409 g/mol. The van der Waals surface area contributed by atoms with Crippen LogP contribution < -0.4 is 19.5 Å². The maximum atomic E-state index is 11.8. The van der Waals surface area contributed by atoms with Crippen molar-refractivity contribution in [3.05, 3.63) is 23.8 Å². The van der Waals surface area contributed by atoms with E-state index < -0.39 is 11.9 Å². The number of carboxylic acids is 2. The topological polar surface area (TPSA) is 127 Å². The Labute approximate surface area is 169 Å². The van der Waals surface area contributed by atoms with Crippen molar-refractivity contribution in [3.63, 3.8) is 0 Å². The summed E-state index contributed by atoms with van der Waals surface area (Å²) in [4.78, 5) is 31.3. The van der Waals surface area contributed by atoms with Crippen LogP contribution in [0.2, 0.25) is 0 Å². The number of likely N-dealkylation sites (tertiary alicyclic amines) is 1. The van der Waals surface area contributed by atoms with Crippen molar-refractivity contribution >= 4 is 17.9 Å². The summed E-state index contributed by atoms with van der Waals surface area (Å²) in [7, 11) is 0. The van der Waals surface area contributed by atoms with Gasteiger partial charge in [-0.2, -0.15) is 0 Å². The number of carbonyl (C=O) groups excluding carboxylic acids is 2. The molecule has 1 unspecified atom stereocenters. The van der Waals surface area contributed by atoms with Gasteiger partial charge in [-0.3, -0.25) is 4.79 Å². The van der Waals surface area contributed by atoms with Gasteiger partial charge in [-0.05, 0) is 31.5 Å². The first-order valence-electron chi connectivity index (χ1n) is 9.64. The van der Waals surface area contributed by atoms with E-state index in [2.05, 4.69) is 0 Å². The fraction of sp³-hybridized carbons (Fsp3) is 0.550. The second-order valence-corrected chi connectivity index (χ2v) is 7.07. The number of aliphatic carboxylic acids is 2. The number of fused-ring (bicyclic) bond motifs is 1. The summed E-state index contributed by atoms with van der Waals surface area (Å²) in [6.07, 6.45) is 1.88. The third-order valence-electron chi connectivity index (χ3n) is 4.82. The highest BCUT2D eigenvalue weighted by Crippen LogP contribution is 2.32. The van der Waals surface area contributed by atoms with Crippen molar-refractivity contribution in [2.75, 3.05) is 32.8 Å². The Hall–Kier alpha value is -2.81. The molecule has 0 bridgehead atoms. The number of esters is 1.